The van der Waals surface area contributed by atoms with Crippen LogP contribution in [-0.4, -0.2) is 18.9 Å². The minimum absolute atomic E-state index is 0.00731. The molecule has 0 N–H and O–H groups in total. The molecule has 0 bridgehead atoms. The maximum absolute atomic E-state index is 13.3. The fourth-order valence-corrected chi connectivity index (χ4v) is 1.50. The maximum atomic E-state index is 13.3. The van der Waals surface area contributed by atoms with Crippen molar-refractivity contribution >= 4 is 27.7 Å². The van der Waals surface area contributed by atoms with E-state index in [2.05, 4.69) is 20.7 Å². The highest BCUT2D eigenvalue weighted by molar-refractivity contribution is 9.10. The first-order chi connectivity index (χ1) is 7.54. The van der Waals surface area contributed by atoms with Gasteiger partial charge in [-0.2, -0.15) is 0 Å². The highest BCUT2D eigenvalue weighted by Crippen LogP contribution is 2.17. The molecular weight excluding hydrogens is 279 g/mol. The average molecular weight is 289 g/mol. The largest absolute Gasteiger partial charge is 0.469 e. The summed E-state index contributed by atoms with van der Waals surface area (Å²) in [4.78, 5) is 22.3. The zero-order chi connectivity index (χ0) is 12.1. The number of methoxy groups -OCH3 is 1. The number of esters is 1. The fourth-order valence-electron chi connectivity index (χ4n) is 1.17. The average Bonchev–Trinajstić information content (AvgIpc) is 2.25. The van der Waals surface area contributed by atoms with Crippen LogP contribution in [0.4, 0.5) is 4.39 Å². The van der Waals surface area contributed by atoms with Crippen molar-refractivity contribution in [3.05, 3.63) is 34.1 Å². The van der Waals surface area contributed by atoms with Crippen LogP contribution in [0.25, 0.3) is 0 Å². The van der Waals surface area contributed by atoms with Crippen LogP contribution in [0, 0.1) is 5.82 Å². The van der Waals surface area contributed by atoms with Gasteiger partial charge in [0, 0.05) is 10.9 Å². The highest BCUT2D eigenvalue weighted by Gasteiger charge is 2.13. The van der Waals surface area contributed by atoms with E-state index < -0.39 is 17.6 Å². The predicted molar refractivity (Wildman–Crippen MR) is 59.7 cm³/mol. The second kappa shape index (κ2) is 5.75. The molecule has 0 heterocycles. The van der Waals surface area contributed by atoms with Crippen LogP contribution in [-0.2, 0) is 9.53 Å². The number of Topliss-reactive ketones (excluding diaryl/α,β-unsaturated/α-hetero) is 1. The molecule has 0 spiro atoms. The molecule has 86 valence electrons. The molecule has 0 saturated heterocycles. The summed E-state index contributed by atoms with van der Waals surface area (Å²) in [7, 11) is 1.24. The zero-order valence-corrected chi connectivity index (χ0v) is 10.2. The summed E-state index contributed by atoms with van der Waals surface area (Å²) in [6.45, 7) is 0. The monoisotopic (exact) mass is 288 g/mol. The lowest BCUT2D eigenvalue weighted by atomic mass is 10.1. The van der Waals surface area contributed by atoms with Crippen molar-refractivity contribution in [2.45, 2.75) is 12.8 Å². The van der Waals surface area contributed by atoms with Gasteiger partial charge in [-0.3, -0.25) is 9.59 Å². The standard InChI is InChI=1S/C11H10BrFO3/c1-16-11(15)5-4-10(14)8-3-2-7(12)6-9(8)13/h2-3,6H,4-5H2,1H3. The quantitative estimate of drug-likeness (QED) is 0.632. The zero-order valence-electron chi connectivity index (χ0n) is 8.63. The third kappa shape index (κ3) is 3.41. The molecule has 0 aliphatic heterocycles. The van der Waals surface area contributed by atoms with Crippen LogP contribution in [0.1, 0.15) is 23.2 Å². The molecule has 0 aliphatic rings. The summed E-state index contributed by atoms with van der Waals surface area (Å²) >= 11 is 3.09. The van der Waals surface area contributed by atoms with Crippen molar-refractivity contribution in [2.24, 2.45) is 0 Å². The minimum Gasteiger partial charge on any atom is -0.469 e. The number of halogens is 2. The first-order valence-electron chi connectivity index (χ1n) is 4.59. The van der Waals surface area contributed by atoms with E-state index in [1.165, 1.54) is 19.2 Å². The Labute approximate surface area is 101 Å². The molecule has 0 aliphatic carbocycles. The number of benzene rings is 1. The van der Waals surface area contributed by atoms with E-state index in [0.717, 1.165) is 0 Å². The van der Waals surface area contributed by atoms with Crippen molar-refractivity contribution in [3.8, 4) is 0 Å². The summed E-state index contributed by atoms with van der Waals surface area (Å²) in [5.41, 5.74) is -0.00731. The Morgan fingerprint density at radius 2 is 2.06 bits per heavy atom. The first-order valence-corrected chi connectivity index (χ1v) is 5.39. The van der Waals surface area contributed by atoms with Gasteiger partial charge in [-0.25, -0.2) is 4.39 Å². The fraction of sp³-hybridized carbons (Fsp3) is 0.273. The third-order valence-electron chi connectivity index (χ3n) is 2.02. The summed E-state index contributed by atoms with van der Waals surface area (Å²) in [5, 5.41) is 0. The number of ketones is 1. The van der Waals surface area contributed by atoms with Gasteiger partial charge in [-0.15, -0.1) is 0 Å². The van der Waals surface area contributed by atoms with Crippen molar-refractivity contribution in [3.63, 3.8) is 0 Å². The molecule has 0 amide bonds. The number of hydrogen-bond donors (Lipinski definition) is 0. The lowest BCUT2D eigenvalue weighted by molar-refractivity contribution is -0.140. The van der Waals surface area contributed by atoms with E-state index in [0.29, 0.717) is 4.47 Å². The van der Waals surface area contributed by atoms with E-state index in [9.17, 15) is 14.0 Å². The minimum atomic E-state index is -0.593. The van der Waals surface area contributed by atoms with Crippen LogP contribution >= 0.6 is 15.9 Å². The molecule has 3 nitrogen and oxygen atoms in total. The Bertz CT molecular complexity index is 418. The van der Waals surface area contributed by atoms with Crippen molar-refractivity contribution in [1.82, 2.24) is 0 Å². The first kappa shape index (κ1) is 12.8. The SMILES string of the molecule is COC(=O)CCC(=O)c1ccc(Br)cc1F. The van der Waals surface area contributed by atoms with E-state index in [1.54, 1.807) is 6.07 Å². The van der Waals surface area contributed by atoms with Crippen molar-refractivity contribution in [1.29, 1.82) is 0 Å². The lowest BCUT2D eigenvalue weighted by Gasteiger charge is -2.02. The lowest BCUT2D eigenvalue weighted by Crippen LogP contribution is -2.07. The number of rotatable bonds is 4. The van der Waals surface area contributed by atoms with Gasteiger partial charge in [0.15, 0.2) is 5.78 Å². The van der Waals surface area contributed by atoms with Gasteiger partial charge in [-0.05, 0) is 18.2 Å². The van der Waals surface area contributed by atoms with Crippen LogP contribution in [0.5, 0.6) is 0 Å². The Morgan fingerprint density at radius 3 is 2.62 bits per heavy atom. The molecule has 0 unspecified atom stereocenters. The maximum Gasteiger partial charge on any atom is 0.305 e. The molecule has 0 radical (unpaired) electrons. The Morgan fingerprint density at radius 1 is 1.38 bits per heavy atom. The molecule has 0 fully saturated rings. The molecule has 0 aromatic heterocycles. The van der Waals surface area contributed by atoms with Crippen LogP contribution < -0.4 is 0 Å². The molecule has 1 rings (SSSR count). The van der Waals surface area contributed by atoms with Gasteiger partial charge in [0.05, 0.1) is 19.1 Å². The molecule has 5 heteroatoms. The van der Waals surface area contributed by atoms with Crippen LogP contribution in [0.2, 0.25) is 0 Å². The predicted octanol–water partition coefficient (Wildman–Crippen LogP) is 2.72. The molecule has 1 aromatic rings. The number of carbonyl (C=O) groups is 2. The van der Waals surface area contributed by atoms with Gasteiger partial charge in [-0.1, -0.05) is 15.9 Å². The van der Waals surface area contributed by atoms with Gasteiger partial charge >= 0.3 is 5.97 Å². The molecule has 16 heavy (non-hydrogen) atoms. The smallest absolute Gasteiger partial charge is 0.305 e. The number of hydrogen-bond acceptors (Lipinski definition) is 3. The Balaban J connectivity index is 2.70. The second-order valence-corrected chi connectivity index (χ2v) is 4.04. The van der Waals surface area contributed by atoms with E-state index >= 15 is 0 Å². The van der Waals surface area contributed by atoms with Crippen molar-refractivity contribution < 1.29 is 18.7 Å². The number of ether oxygens (including phenoxy) is 1. The summed E-state index contributed by atoms with van der Waals surface area (Å²) in [5.74, 6) is -1.48. The van der Waals surface area contributed by atoms with Crippen LogP contribution in [0.15, 0.2) is 22.7 Å². The van der Waals surface area contributed by atoms with Crippen molar-refractivity contribution in [2.75, 3.05) is 7.11 Å². The summed E-state index contributed by atoms with van der Waals surface area (Å²) in [6.07, 6.45) is -0.0872. The van der Waals surface area contributed by atoms with Gasteiger partial charge in [0.2, 0.25) is 0 Å². The Kier molecular flexibility index (Phi) is 4.61. The van der Waals surface area contributed by atoms with E-state index in [1.807, 2.05) is 0 Å². The molecule has 0 atom stereocenters. The molecule has 1 aromatic carbocycles. The number of carbonyl (C=O) groups excluding carboxylic acids is 2. The van der Waals surface area contributed by atoms with Gasteiger partial charge < -0.3 is 4.74 Å². The Hall–Kier alpha value is -1.23. The summed E-state index contributed by atoms with van der Waals surface area (Å²) in [6, 6.07) is 4.18. The topological polar surface area (TPSA) is 43.4 Å². The highest BCUT2D eigenvalue weighted by atomic mass is 79.9. The van der Waals surface area contributed by atoms with E-state index in [4.69, 9.17) is 0 Å². The van der Waals surface area contributed by atoms with Crippen LogP contribution in [0.3, 0.4) is 0 Å². The summed E-state index contributed by atoms with van der Waals surface area (Å²) < 4.78 is 18.3. The third-order valence-corrected chi connectivity index (χ3v) is 2.51. The van der Waals surface area contributed by atoms with Gasteiger partial charge in [0.1, 0.15) is 5.82 Å². The second-order valence-electron chi connectivity index (χ2n) is 3.12. The molecular formula is C11H10BrFO3. The molecule has 0 saturated carbocycles. The van der Waals surface area contributed by atoms with Gasteiger partial charge in [0.25, 0.3) is 0 Å². The normalized spacial score (nSPS) is 9.94. The van der Waals surface area contributed by atoms with E-state index in [-0.39, 0.29) is 18.4 Å².